The summed E-state index contributed by atoms with van der Waals surface area (Å²) in [5.41, 5.74) is 0.993. The molecule has 2 heterocycles. The fraction of sp³-hybridized carbons (Fsp3) is 0.143. The quantitative estimate of drug-likeness (QED) is 0.551. The molecule has 0 aliphatic carbocycles. The van der Waals surface area contributed by atoms with Crippen molar-refractivity contribution in [2.24, 2.45) is 0 Å². The third-order valence-corrected chi connectivity index (χ3v) is 3.17. The highest BCUT2D eigenvalue weighted by Crippen LogP contribution is 2.29. The predicted octanol–water partition coefficient (Wildman–Crippen LogP) is 3.26. The Balaban J connectivity index is 2.88. The molecule has 2 aromatic rings. The van der Waals surface area contributed by atoms with Gasteiger partial charge in [0, 0.05) is 28.0 Å². The van der Waals surface area contributed by atoms with Crippen molar-refractivity contribution in [3.8, 4) is 0 Å². The minimum Gasteiger partial charge on any atom is -0.228 e. The Morgan fingerprint density at radius 2 is 2.25 bits per heavy atom. The lowest BCUT2D eigenvalue weighted by molar-refractivity contribution is 1.10. The van der Waals surface area contributed by atoms with Crippen LogP contribution in [0.15, 0.2) is 6.07 Å². The van der Waals surface area contributed by atoms with Crippen LogP contribution in [0.5, 0.6) is 0 Å². The van der Waals surface area contributed by atoms with Gasteiger partial charge >= 0.3 is 0 Å². The molecular formula is C7H4ClIN2S. The van der Waals surface area contributed by atoms with E-state index in [4.69, 9.17) is 11.6 Å². The number of aryl methyl sites for hydroxylation is 1. The maximum Gasteiger partial charge on any atom is 0.192 e. The van der Waals surface area contributed by atoms with Crippen molar-refractivity contribution in [3.05, 3.63) is 19.9 Å². The van der Waals surface area contributed by atoms with Gasteiger partial charge in [-0.05, 0) is 13.0 Å². The Morgan fingerprint density at radius 1 is 1.50 bits per heavy atom. The van der Waals surface area contributed by atoms with Crippen LogP contribution in [0.3, 0.4) is 0 Å². The van der Waals surface area contributed by atoms with E-state index in [1.165, 1.54) is 11.3 Å². The van der Waals surface area contributed by atoms with Crippen LogP contribution in [0.4, 0.5) is 0 Å². The Labute approximate surface area is 92.1 Å². The fourth-order valence-electron chi connectivity index (χ4n) is 1.00. The van der Waals surface area contributed by atoms with Crippen molar-refractivity contribution in [2.45, 2.75) is 6.92 Å². The van der Waals surface area contributed by atoms with Gasteiger partial charge in [-0.25, -0.2) is 9.97 Å². The second-order valence-corrected chi connectivity index (χ2v) is 4.97. The van der Waals surface area contributed by atoms with E-state index < -0.39 is 0 Å². The summed E-state index contributed by atoms with van der Waals surface area (Å²) < 4.78 is 1.54. The summed E-state index contributed by atoms with van der Waals surface area (Å²) in [6, 6.07) is 1.91. The van der Waals surface area contributed by atoms with Crippen LogP contribution in [-0.2, 0) is 0 Å². The Bertz CT molecular complexity index is 440. The first-order chi connectivity index (χ1) is 5.66. The van der Waals surface area contributed by atoms with Gasteiger partial charge in [-0.1, -0.05) is 11.6 Å². The summed E-state index contributed by atoms with van der Waals surface area (Å²) in [5, 5.41) is 1.06. The average molecular weight is 311 g/mol. The van der Waals surface area contributed by atoms with E-state index in [2.05, 4.69) is 32.6 Å². The molecule has 0 N–H and O–H groups in total. The number of nitrogens with zero attached hydrogens (tertiary/aromatic N) is 2. The number of hydrogen-bond acceptors (Lipinski definition) is 3. The molecule has 2 aromatic heterocycles. The van der Waals surface area contributed by atoms with Gasteiger partial charge in [0.05, 0.1) is 10.0 Å². The van der Waals surface area contributed by atoms with E-state index in [0.717, 1.165) is 24.1 Å². The molecule has 0 fully saturated rings. The molecular weight excluding hydrogens is 307 g/mol. The molecule has 5 heteroatoms. The van der Waals surface area contributed by atoms with Gasteiger partial charge in [-0.3, -0.25) is 0 Å². The van der Waals surface area contributed by atoms with Crippen LogP contribution < -0.4 is 0 Å². The summed E-state index contributed by atoms with van der Waals surface area (Å²) in [6.07, 6.45) is 0. The zero-order chi connectivity index (χ0) is 8.72. The van der Waals surface area contributed by atoms with Crippen LogP contribution in [0.1, 0.15) is 5.69 Å². The van der Waals surface area contributed by atoms with Crippen LogP contribution in [0.2, 0.25) is 4.34 Å². The molecule has 0 saturated heterocycles. The number of fused-ring (bicyclic) bond motifs is 1. The number of aromatic nitrogens is 2. The van der Waals surface area contributed by atoms with E-state index in [1.807, 2.05) is 13.0 Å². The molecule has 0 spiro atoms. The molecule has 2 nitrogen and oxygen atoms in total. The van der Waals surface area contributed by atoms with E-state index in [1.54, 1.807) is 0 Å². The van der Waals surface area contributed by atoms with Gasteiger partial charge in [0.25, 0.3) is 0 Å². The topological polar surface area (TPSA) is 25.8 Å². The molecule has 0 atom stereocenters. The van der Waals surface area contributed by atoms with Crippen LogP contribution in [-0.4, -0.2) is 9.97 Å². The van der Waals surface area contributed by atoms with Gasteiger partial charge in [-0.2, -0.15) is 0 Å². The number of thiophene rings is 1. The lowest BCUT2D eigenvalue weighted by Gasteiger charge is -1.94. The maximum atomic E-state index is 5.86. The van der Waals surface area contributed by atoms with Crippen molar-refractivity contribution in [2.75, 3.05) is 0 Å². The van der Waals surface area contributed by atoms with Gasteiger partial charge in [0.15, 0.2) is 3.83 Å². The van der Waals surface area contributed by atoms with Crippen molar-refractivity contribution >= 4 is 55.7 Å². The summed E-state index contributed by atoms with van der Waals surface area (Å²) in [7, 11) is 0. The van der Waals surface area contributed by atoms with Gasteiger partial charge in [-0.15, -0.1) is 11.3 Å². The predicted molar refractivity (Wildman–Crippen MR) is 59.9 cm³/mol. The van der Waals surface area contributed by atoms with Gasteiger partial charge in [0.1, 0.15) is 4.83 Å². The largest absolute Gasteiger partial charge is 0.228 e. The maximum absolute atomic E-state index is 5.86. The van der Waals surface area contributed by atoms with E-state index in [-0.39, 0.29) is 0 Å². The third-order valence-electron chi connectivity index (χ3n) is 1.53. The Hall–Kier alpha value is 0.0600. The van der Waals surface area contributed by atoms with E-state index >= 15 is 0 Å². The lowest BCUT2D eigenvalue weighted by atomic mass is 10.3. The van der Waals surface area contributed by atoms with Crippen LogP contribution >= 0.6 is 45.5 Å². The molecule has 2 rings (SSSR count). The fourth-order valence-corrected chi connectivity index (χ4v) is 2.91. The Kier molecular flexibility index (Phi) is 2.22. The standard InChI is InChI=1S/C7H4ClIN2S/c1-3-4-2-5(8)12-6(4)11-7(9)10-3/h2H,1H3. The molecule has 0 bridgehead atoms. The third kappa shape index (κ3) is 1.43. The monoisotopic (exact) mass is 310 g/mol. The molecule has 12 heavy (non-hydrogen) atoms. The van der Waals surface area contributed by atoms with Crippen LogP contribution in [0.25, 0.3) is 10.2 Å². The minimum atomic E-state index is 0.768. The average Bonchev–Trinajstić information content (AvgIpc) is 2.29. The van der Waals surface area contributed by atoms with Crippen molar-refractivity contribution in [1.82, 2.24) is 9.97 Å². The highest BCUT2D eigenvalue weighted by Gasteiger charge is 2.05. The molecule has 0 saturated carbocycles. The van der Waals surface area contributed by atoms with E-state index in [0.29, 0.717) is 0 Å². The number of halogens is 2. The first-order valence-electron chi connectivity index (χ1n) is 3.26. The zero-order valence-electron chi connectivity index (χ0n) is 6.14. The van der Waals surface area contributed by atoms with Gasteiger partial charge in [0.2, 0.25) is 0 Å². The second-order valence-electron chi connectivity index (χ2n) is 2.35. The molecule has 0 amide bonds. The van der Waals surface area contributed by atoms with Crippen LogP contribution in [0, 0.1) is 10.8 Å². The summed E-state index contributed by atoms with van der Waals surface area (Å²) in [4.78, 5) is 9.47. The van der Waals surface area contributed by atoms with Crippen molar-refractivity contribution in [3.63, 3.8) is 0 Å². The SMILES string of the molecule is Cc1nc(I)nc2sc(Cl)cc12. The summed E-state index contributed by atoms with van der Waals surface area (Å²) >= 11 is 9.45. The molecule has 0 aliphatic rings. The molecule has 0 aromatic carbocycles. The minimum absolute atomic E-state index is 0.768. The highest BCUT2D eigenvalue weighted by molar-refractivity contribution is 14.1. The van der Waals surface area contributed by atoms with Gasteiger partial charge < -0.3 is 0 Å². The van der Waals surface area contributed by atoms with Crippen molar-refractivity contribution < 1.29 is 0 Å². The first kappa shape index (κ1) is 8.65. The van der Waals surface area contributed by atoms with Crippen molar-refractivity contribution in [1.29, 1.82) is 0 Å². The highest BCUT2D eigenvalue weighted by atomic mass is 127. The Morgan fingerprint density at radius 3 is 3.00 bits per heavy atom. The molecule has 62 valence electrons. The number of hydrogen-bond donors (Lipinski definition) is 0. The molecule has 0 unspecified atom stereocenters. The zero-order valence-corrected chi connectivity index (χ0v) is 9.87. The first-order valence-corrected chi connectivity index (χ1v) is 5.53. The van der Waals surface area contributed by atoms with E-state index in [9.17, 15) is 0 Å². The summed E-state index contributed by atoms with van der Waals surface area (Å²) in [5.74, 6) is 0. The molecule has 0 radical (unpaired) electrons. The smallest absolute Gasteiger partial charge is 0.192 e. The lowest BCUT2D eigenvalue weighted by Crippen LogP contribution is -1.89. The molecule has 0 aliphatic heterocycles. The second kappa shape index (κ2) is 3.08. The number of rotatable bonds is 0. The normalized spacial score (nSPS) is 10.9. The summed E-state index contributed by atoms with van der Waals surface area (Å²) in [6.45, 7) is 1.97.